The van der Waals surface area contributed by atoms with Gasteiger partial charge in [0.05, 0.1) is 22.3 Å². The third-order valence-electron chi connectivity index (χ3n) is 22.4. The van der Waals surface area contributed by atoms with Crippen LogP contribution in [0, 0.1) is 60.7 Å². The molecule has 0 amide bonds. The average Bonchev–Trinajstić information content (AvgIpc) is 1.61. The first-order valence-electron chi connectivity index (χ1n) is 40.5. The molecule has 0 radical (unpaired) electrons. The van der Waals surface area contributed by atoms with E-state index in [0.717, 1.165) is 44.9 Å². The van der Waals surface area contributed by atoms with Crippen LogP contribution in [0.4, 0.5) is 0 Å². The van der Waals surface area contributed by atoms with E-state index in [1.165, 1.54) is 171 Å². The molecule has 4 aromatic heterocycles. The van der Waals surface area contributed by atoms with Gasteiger partial charge in [0.15, 0.2) is 24.8 Å². The van der Waals surface area contributed by atoms with Crippen molar-refractivity contribution in [3.8, 4) is 134 Å². The van der Waals surface area contributed by atoms with Gasteiger partial charge in [-0.05, 0) is 268 Å². The van der Waals surface area contributed by atoms with E-state index in [1.807, 2.05) is 88.4 Å². The van der Waals surface area contributed by atoms with Crippen LogP contribution in [0.2, 0.25) is 0 Å². The van der Waals surface area contributed by atoms with Crippen LogP contribution in [-0.4, -0.2) is 0 Å². The molecule has 4 nitrogen and oxygen atoms in total. The summed E-state index contributed by atoms with van der Waals surface area (Å²) in [5.74, 6) is 0. The highest BCUT2D eigenvalue weighted by atomic mass is 14.9. The maximum atomic E-state index is 8.77. The number of rotatable bonds is 5. The number of fused-ring (bicyclic) bond motifs is 12. The lowest BCUT2D eigenvalue weighted by molar-refractivity contribution is -0.660. The minimum atomic E-state index is -2.11. The summed E-state index contributed by atoms with van der Waals surface area (Å²) in [5.41, 5.74) is 38.0. The molecule has 4 aliphatic rings. The summed E-state index contributed by atoms with van der Waals surface area (Å²) < 4.78 is 72.2. The van der Waals surface area contributed by atoms with Gasteiger partial charge in [-0.15, -0.1) is 0 Å². The average molecular weight is 1370 g/mol. The van der Waals surface area contributed by atoms with Gasteiger partial charge in [-0.25, -0.2) is 18.3 Å². The largest absolute Gasteiger partial charge is 0.212 e. The van der Waals surface area contributed by atoms with Crippen LogP contribution in [0.1, 0.15) is 81.8 Å². The third-order valence-corrected chi connectivity index (χ3v) is 22.4. The Morgan fingerprint density at radius 3 is 0.971 bits per heavy atom. The van der Waals surface area contributed by atoms with E-state index in [1.54, 1.807) is 18.5 Å². The molecule has 0 aliphatic heterocycles. The number of aryl methyl sites for hydroxylation is 12. The number of nitrogens with zero attached hydrogens (tertiary/aromatic N) is 4. The molecular formula is C101H90N4+4. The number of hydrogen-bond donors (Lipinski definition) is 0. The topological polar surface area (TPSA) is 15.5 Å². The Morgan fingerprint density at radius 1 is 0.276 bits per heavy atom. The zero-order valence-corrected chi connectivity index (χ0v) is 62.1. The third kappa shape index (κ3) is 11.1. The van der Waals surface area contributed by atoms with Crippen molar-refractivity contribution >= 4 is 43.1 Å². The monoisotopic (exact) mass is 1370 g/mol. The van der Waals surface area contributed by atoms with Crippen molar-refractivity contribution in [3.05, 3.63) is 311 Å². The van der Waals surface area contributed by atoms with Crippen LogP contribution >= 0.6 is 0 Å². The summed E-state index contributed by atoms with van der Waals surface area (Å²) >= 11 is 0. The van der Waals surface area contributed by atoms with Crippen LogP contribution in [0.5, 0.6) is 0 Å². The molecule has 4 aliphatic carbocycles. The Morgan fingerprint density at radius 2 is 0.610 bits per heavy atom. The maximum Gasteiger partial charge on any atom is 0.212 e. The lowest BCUT2D eigenvalue weighted by Gasteiger charge is -2.18. The van der Waals surface area contributed by atoms with E-state index in [9.17, 15) is 0 Å². The standard InChI is InChI=1S/C28H28N.C25H22N.2C24H20N/c1-18-20-11-8-12-23-21-9-6-7-10-22(21)25(27(20)23)16-24(18)26-15-19(13-14-29(26)5)17-28(2,3)4;1-15-12-24(26(4)14-16(15)2)22-13-23-20-9-6-5-8-19(20)21-11-7-10-18(17(22)3)25(21)23;1-15-11-12-23(25(3)14-15)21-13-22-19-8-5-4-7-18(19)20-10-6-9-17(16(21)2)24(20)22;1-15-11-12-25(3)23(13-15)21-14-22-19-8-5-4-7-18(19)20-10-6-9-17(16(21)2)24(20)22/h6-16H,17H2,1-5H3;5-14H,1-4H3;2*4-14H,1-3H3/q4*+1/i17D2;2D3;1D3;. The number of hydrogen-bond acceptors (Lipinski definition) is 0. The molecule has 105 heavy (non-hydrogen) atoms. The van der Waals surface area contributed by atoms with E-state index in [2.05, 4.69) is 263 Å². The first kappa shape index (κ1) is 57.8. The quantitative estimate of drug-likeness (QED) is 0.153. The molecule has 20 rings (SSSR count). The van der Waals surface area contributed by atoms with Gasteiger partial charge in [-0.1, -0.05) is 191 Å². The highest BCUT2D eigenvalue weighted by molar-refractivity contribution is 6.21. The molecule has 0 N–H and O–H groups in total. The van der Waals surface area contributed by atoms with Crippen molar-refractivity contribution in [2.45, 2.75) is 82.4 Å². The minimum absolute atomic E-state index is 0.356. The summed E-state index contributed by atoms with van der Waals surface area (Å²) in [5, 5.41) is 10.5. The molecule has 0 atom stereocenters. The van der Waals surface area contributed by atoms with E-state index in [4.69, 9.17) is 11.0 Å². The molecular weight excluding hydrogens is 1270 g/mol. The fraction of sp³-hybridized carbons (Fsp3) is 0.168. The second kappa shape index (κ2) is 25.6. The van der Waals surface area contributed by atoms with Crippen molar-refractivity contribution in [2.75, 3.05) is 0 Å². The summed E-state index contributed by atoms with van der Waals surface area (Å²) in [6.45, 7) is 14.5. The van der Waals surface area contributed by atoms with Gasteiger partial charge in [0, 0.05) is 58.5 Å². The van der Waals surface area contributed by atoms with Gasteiger partial charge in [-0.2, -0.15) is 0 Å². The van der Waals surface area contributed by atoms with Crippen LogP contribution in [0.3, 0.4) is 0 Å². The zero-order valence-electron chi connectivity index (χ0n) is 70.1. The molecule has 16 aromatic rings. The summed E-state index contributed by atoms with van der Waals surface area (Å²) in [4.78, 5) is 0. The Labute approximate surface area is 630 Å². The van der Waals surface area contributed by atoms with Gasteiger partial charge in [-0.3, -0.25) is 0 Å². The predicted octanol–water partition coefficient (Wildman–Crippen LogP) is 24.0. The molecule has 0 fully saturated rings. The molecule has 12 aromatic carbocycles. The highest BCUT2D eigenvalue weighted by Crippen LogP contribution is 2.54. The van der Waals surface area contributed by atoms with Crippen molar-refractivity contribution < 1.29 is 29.2 Å². The van der Waals surface area contributed by atoms with Crippen molar-refractivity contribution in [3.63, 3.8) is 0 Å². The Balaban J connectivity index is 0.000000109. The van der Waals surface area contributed by atoms with Crippen LogP contribution in [0.25, 0.3) is 177 Å². The van der Waals surface area contributed by atoms with Gasteiger partial charge >= 0.3 is 0 Å². The van der Waals surface area contributed by atoms with E-state index in [0.29, 0.717) is 11.1 Å². The van der Waals surface area contributed by atoms with E-state index < -0.39 is 25.5 Å². The molecule has 4 heterocycles. The molecule has 510 valence electrons. The second-order valence-electron chi connectivity index (χ2n) is 30.2. The Bertz CT molecular complexity index is 6730. The van der Waals surface area contributed by atoms with E-state index in [-0.39, 0.29) is 0 Å². The Kier molecular flexibility index (Phi) is 14.1. The summed E-state index contributed by atoms with van der Waals surface area (Å²) in [6, 6.07) is 84.1. The minimum Gasteiger partial charge on any atom is -0.201 e. The first-order chi connectivity index (χ1) is 53.9. The first-order valence-corrected chi connectivity index (χ1v) is 36.5. The molecule has 4 heteroatoms. The maximum absolute atomic E-state index is 8.77. The molecule has 0 saturated heterocycles. The van der Waals surface area contributed by atoms with Gasteiger partial charge in [0.25, 0.3) is 0 Å². The number of pyridine rings is 4. The lowest BCUT2D eigenvalue weighted by Crippen LogP contribution is -2.31. The number of aromatic nitrogens is 4. The predicted molar refractivity (Wildman–Crippen MR) is 441 cm³/mol. The lowest BCUT2D eigenvalue weighted by atomic mass is 9.87. The van der Waals surface area contributed by atoms with Crippen LogP contribution in [-0.2, 0) is 34.6 Å². The smallest absolute Gasteiger partial charge is 0.201 e. The van der Waals surface area contributed by atoms with Crippen molar-refractivity contribution in [1.29, 1.82) is 0 Å². The van der Waals surface area contributed by atoms with E-state index >= 15 is 0 Å². The van der Waals surface area contributed by atoms with Crippen molar-refractivity contribution in [2.24, 2.45) is 33.6 Å². The van der Waals surface area contributed by atoms with Crippen molar-refractivity contribution in [1.82, 2.24) is 0 Å². The molecule has 0 saturated carbocycles. The normalized spacial score (nSPS) is 13.5. The van der Waals surface area contributed by atoms with Gasteiger partial charge < -0.3 is 0 Å². The number of benzene rings is 12. The molecule has 0 bridgehead atoms. The summed E-state index contributed by atoms with van der Waals surface area (Å²) in [7, 11) is 8.01. The fourth-order valence-corrected chi connectivity index (χ4v) is 17.3. The van der Waals surface area contributed by atoms with Crippen LogP contribution in [0.15, 0.2) is 261 Å². The second-order valence-corrected chi connectivity index (χ2v) is 30.2. The SMILES string of the molecule is Cc1cc[n+](C)c(-c2cc3c4c(cccc4c2C)-c2ccccc2-3)c1.[2H]C([2H])([2H])c1c[n+](C)c(-c2cc3c4c(cccc4c2C)-c2ccccc2-3)cc1C.[2H]C([2H])([2H])c1ccc(-c2cc3c4c(cccc4c2C)-c2ccccc2-3)[n+](C)c1.[2H]C([2H])(c1cc[n+](C)c(-c2cc3c4c(cccc4c2C)-c2ccccc2-3)c1)C(C)(C)C. The molecule has 0 spiro atoms. The zero-order chi connectivity index (χ0) is 79.4. The van der Waals surface area contributed by atoms with Gasteiger partial charge in [0.2, 0.25) is 22.8 Å². The Hall–Kier alpha value is -11.7. The summed E-state index contributed by atoms with van der Waals surface area (Å²) in [6.07, 6.45) is 6.18. The van der Waals surface area contributed by atoms with Gasteiger partial charge in [0.1, 0.15) is 28.2 Å². The van der Waals surface area contributed by atoms with Crippen LogP contribution < -0.4 is 18.3 Å². The highest BCUT2D eigenvalue weighted by Gasteiger charge is 2.31. The fourth-order valence-electron chi connectivity index (χ4n) is 17.3. The molecule has 0 unspecified atom stereocenters.